The Morgan fingerprint density at radius 3 is 2.26 bits per heavy atom. The predicted octanol–water partition coefficient (Wildman–Crippen LogP) is 2.98. The minimum atomic E-state index is 1.00. The largest absolute Gasteiger partial charge is 0.318 e. The van der Waals surface area contributed by atoms with Gasteiger partial charge in [0.15, 0.2) is 0 Å². The van der Waals surface area contributed by atoms with Crippen molar-refractivity contribution in [3.63, 3.8) is 0 Å². The van der Waals surface area contributed by atoms with E-state index in [1.54, 1.807) is 0 Å². The fourth-order valence-electron chi connectivity index (χ4n) is 3.06. The van der Waals surface area contributed by atoms with Gasteiger partial charge in [-0.05, 0) is 46.0 Å². The highest BCUT2D eigenvalue weighted by Crippen LogP contribution is 2.20. The van der Waals surface area contributed by atoms with Crippen molar-refractivity contribution in [1.29, 1.82) is 0 Å². The van der Waals surface area contributed by atoms with Crippen LogP contribution in [0.3, 0.4) is 0 Å². The Hall–Kier alpha value is -2.07. The molecule has 2 heterocycles. The van der Waals surface area contributed by atoms with Crippen LogP contribution in [0.4, 0.5) is 0 Å². The number of hydrazone groups is 1. The maximum atomic E-state index is 4.68. The molecule has 4 heteroatoms. The Bertz CT molecular complexity index is 689. The van der Waals surface area contributed by atoms with E-state index in [4.69, 9.17) is 0 Å². The van der Waals surface area contributed by atoms with Gasteiger partial charge in [0.05, 0.1) is 6.21 Å². The average Bonchev–Trinajstić information content (AvgIpc) is 2.82. The number of piperazine rings is 1. The van der Waals surface area contributed by atoms with Crippen molar-refractivity contribution in [2.24, 2.45) is 5.10 Å². The van der Waals surface area contributed by atoms with Gasteiger partial charge in [0.25, 0.3) is 0 Å². The van der Waals surface area contributed by atoms with Gasteiger partial charge < -0.3 is 9.47 Å². The summed E-state index contributed by atoms with van der Waals surface area (Å²) in [5.74, 6) is 0. The second-order valence-electron chi connectivity index (χ2n) is 6.50. The Labute approximate surface area is 139 Å². The van der Waals surface area contributed by atoms with Crippen LogP contribution in [0.25, 0.3) is 5.69 Å². The molecule has 3 rings (SSSR count). The molecule has 0 radical (unpaired) electrons. The topological polar surface area (TPSA) is 23.8 Å². The Kier molecular flexibility index (Phi) is 4.53. The molecule has 0 amide bonds. The third-order valence-electron chi connectivity index (χ3n) is 4.60. The normalized spacial score (nSPS) is 16.4. The first-order chi connectivity index (χ1) is 11.0. The van der Waals surface area contributed by atoms with E-state index in [9.17, 15) is 0 Å². The van der Waals surface area contributed by atoms with Crippen molar-refractivity contribution in [3.05, 3.63) is 52.8 Å². The summed E-state index contributed by atoms with van der Waals surface area (Å²) in [6.45, 7) is 10.6. The van der Waals surface area contributed by atoms with Crippen molar-refractivity contribution in [2.45, 2.75) is 20.8 Å². The van der Waals surface area contributed by atoms with E-state index in [0.29, 0.717) is 0 Å². The molecule has 0 bridgehead atoms. The molecule has 0 aliphatic carbocycles. The van der Waals surface area contributed by atoms with Gasteiger partial charge in [0.2, 0.25) is 0 Å². The van der Waals surface area contributed by atoms with Gasteiger partial charge >= 0.3 is 0 Å². The molecule has 0 saturated carbocycles. The van der Waals surface area contributed by atoms with Crippen molar-refractivity contribution < 1.29 is 0 Å². The quantitative estimate of drug-likeness (QED) is 0.814. The van der Waals surface area contributed by atoms with Gasteiger partial charge in [-0.2, -0.15) is 5.10 Å². The second-order valence-corrected chi connectivity index (χ2v) is 6.50. The van der Waals surface area contributed by atoms with Crippen LogP contribution in [0.15, 0.2) is 35.4 Å². The molecule has 0 atom stereocenters. The fourth-order valence-corrected chi connectivity index (χ4v) is 3.06. The number of aryl methyl sites for hydroxylation is 2. The fraction of sp³-hybridized carbons (Fsp3) is 0.421. The molecule has 122 valence electrons. The number of aromatic nitrogens is 1. The van der Waals surface area contributed by atoms with Crippen molar-refractivity contribution in [3.8, 4) is 5.69 Å². The number of likely N-dealkylation sites (N-methyl/N-ethyl adjacent to an activating group) is 1. The zero-order valence-corrected chi connectivity index (χ0v) is 14.6. The van der Waals surface area contributed by atoms with Gasteiger partial charge in [-0.3, -0.25) is 5.01 Å². The molecule has 1 aliphatic rings. The van der Waals surface area contributed by atoms with Crippen molar-refractivity contribution >= 4 is 6.21 Å². The zero-order valence-electron chi connectivity index (χ0n) is 14.6. The summed E-state index contributed by atoms with van der Waals surface area (Å²) in [4.78, 5) is 2.34. The molecule has 0 unspecified atom stereocenters. The van der Waals surface area contributed by atoms with Crippen molar-refractivity contribution in [1.82, 2.24) is 14.5 Å². The lowest BCUT2D eigenvalue weighted by atomic mass is 10.2. The molecule has 2 aromatic rings. The van der Waals surface area contributed by atoms with Crippen LogP contribution in [0.1, 0.15) is 22.5 Å². The van der Waals surface area contributed by atoms with Crippen LogP contribution in [-0.4, -0.2) is 53.9 Å². The molecule has 1 aromatic heterocycles. The van der Waals surface area contributed by atoms with Gasteiger partial charge in [-0.1, -0.05) is 17.7 Å². The first kappa shape index (κ1) is 15.8. The highest BCUT2D eigenvalue weighted by Gasteiger charge is 2.12. The monoisotopic (exact) mass is 310 g/mol. The van der Waals surface area contributed by atoms with Crippen LogP contribution in [0, 0.1) is 20.8 Å². The van der Waals surface area contributed by atoms with E-state index in [2.05, 4.69) is 77.7 Å². The predicted molar refractivity (Wildman–Crippen MR) is 96.6 cm³/mol. The molecular formula is C19H26N4. The van der Waals surface area contributed by atoms with E-state index in [0.717, 1.165) is 26.2 Å². The van der Waals surface area contributed by atoms with Gasteiger partial charge in [-0.15, -0.1) is 0 Å². The summed E-state index contributed by atoms with van der Waals surface area (Å²) in [6.07, 6.45) is 2.01. The maximum Gasteiger partial charge on any atom is 0.0561 e. The van der Waals surface area contributed by atoms with Crippen LogP contribution >= 0.6 is 0 Å². The SMILES string of the molecule is Cc1ccc(-n2c(C)cc(/C=N/N3CCN(C)CC3)c2C)cc1. The Morgan fingerprint density at radius 1 is 0.957 bits per heavy atom. The minimum Gasteiger partial charge on any atom is -0.318 e. The lowest BCUT2D eigenvalue weighted by Gasteiger charge is -2.30. The van der Waals surface area contributed by atoms with E-state index in [1.165, 1.54) is 28.2 Å². The van der Waals surface area contributed by atoms with Gasteiger partial charge in [-0.25, -0.2) is 0 Å². The molecule has 0 spiro atoms. The number of rotatable bonds is 3. The first-order valence-electron chi connectivity index (χ1n) is 8.28. The minimum absolute atomic E-state index is 1.00. The summed E-state index contributed by atoms with van der Waals surface area (Å²) in [5.41, 5.74) is 6.18. The number of hydrogen-bond acceptors (Lipinski definition) is 3. The van der Waals surface area contributed by atoms with Gasteiger partial charge in [0, 0.05) is 48.8 Å². The summed E-state index contributed by atoms with van der Waals surface area (Å²) in [5, 5.41) is 6.84. The Morgan fingerprint density at radius 2 is 1.61 bits per heavy atom. The van der Waals surface area contributed by atoms with Crippen LogP contribution in [0.2, 0.25) is 0 Å². The average molecular weight is 310 g/mol. The summed E-state index contributed by atoms with van der Waals surface area (Å²) >= 11 is 0. The number of benzene rings is 1. The van der Waals surface area contributed by atoms with E-state index in [1.807, 2.05) is 6.21 Å². The lowest BCUT2D eigenvalue weighted by molar-refractivity contribution is 0.159. The third-order valence-corrected chi connectivity index (χ3v) is 4.60. The van der Waals surface area contributed by atoms with E-state index >= 15 is 0 Å². The zero-order chi connectivity index (χ0) is 16.4. The summed E-state index contributed by atoms with van der Waals surface area (Å²) < 4.78 is 2.30. The molecule has 0 N–H and O–H groups in total. The first-order valence-corrected chi connectivity index (χ1v) is 8.28. The molecule has 1 aromatic carbocycles. The van der Waals surface area contributed by atoms with Gasteiger partial charge in [0.1, 0.15) is 0 Å². The standard InChI is InChI=1S/C19H26N4/c1-15-5-7-19(8-6-15)23-16(2)13-18(17(23)3)14-20-22-11-9-21(4)10-12-22/h5-8,13-14H,9-12H2,1-4H3/b20-14+. The summed E-state index contributed by atoms with van der Waals surface area (Å²) in [7, 11) is 2.16. The highest BCUT2D eigenvalue weighted by molar-refractivity contribution is 5.82. The van der Waals surface area contributed by atoms with Crippen LogP contribution in [-0.2, 0) is 0 Å². The number of nitrogens with zero attached hydrogens (tertiary/aromatic N) is 4. The maximum absolute atomic E-state index is 4.68. The smallest absolute Gasteiger partial charge is 0.0561 e. The number of hydrogen-bond donors (Lipinski definition) is 0. The lowest BCUT2D eigenvalue weighted by Crippen LogP contribution is -2.41. The van der Waals surface area contributed by atoms with Crippen molar-refractivity contribution in [2.75, 3.05) is 33.2 Å². The molecule has 1 fully saturated rings. The van der Waals surface area contributed by atoms with E-state index < -0.39 is 0 Å². The van der Waals surface area contributed by atoms with E-state index in [-0.39, 0.29) is 0 Å². The van der Waals surface area contributed by atoms with Crippen LogP contribution in [0.5, 0.6) is 0 Å². The summed E-state index contributed by atoms with van der Waals surface area (Å²) in [6, 6.07) is 10.9. The molecule has 4 nitrogen and oxygen atoms in total. The van der Waals surface area contributed by atoms with Crippen LogP contribution < -0.4 is 0 Å². The molecule has 1 aliphatic heterocycles. The molecular weight excluding hydrogens is 284 g/mol. The Balaban J connectivity index is 1.82. The third kappa shape index (κ3) is 3.48. The molecule has 1 saturated heterocycles. The second kappa shape index (κ2) is 6.59. The highest BCUT2D eigenvalue weighted by atomic mass is 15.5. The molecule has 23 heavy (non-hydrogen) atoms.